The van der Waals surface area contributed by atoms with Gasteiger partial charge < -0.3 is 11.2 Å². The van der Waals surface area contributed by atoms with Crippen molar-refractivity contribution in [1.29, 1.82) is 0 Å². The van der Waals surface area contributed by atoms with E-state index in [-0.39, 0.29) is 11.3 Å². The minimum Gasteiger partial charge on any atom is -0.322 e. The molecule has 0 heterocycles. The largest absolute Gasteiger partial charge is 0.322 e. The van der Waals surface area contributed by atoms with Gasteiger partial charge in [0.25, 0.3) is 16.0 Å². The Morgan fingerprint density at radius 3 is 2.50 bits per heavy atom. The molecule has 0 spiro atoms. The molecule has 8 heteroatoms. The topological polar surface area (TPSA) is 122 Å². The van der Waals surface area contributed by atoms with Gasteiger partial charge in [-0.15, -0.1) is 0 Å². The van der Waals surface area contributed by atoms with Gasteiger partial charge in [-0.1, -0.05) is 38.1 Å². The van der Waals surface area contributed by atoms with Gasteiger partial charge in [0.05, 0.1) is 6.26 Å². The summed E-state index contributed by atoms with van der Waals surface area (Å²) in [7, 11) is -3.67. The Morgan fingerprint density at radius 1 is 1.33 bits per heavy atom. The third-order valence-electron chi connectivity index (χ3n) is 3.28. The molecule has 24 heavy (non-hydrogen) atoms. The number of benzene rings is 1. The van der Waals surface area contributed by atoms with Gasteiger partial charge in [0, 0.05) is 5.57 Å². The van der Waals surface area contributed by atoms with Crippen molar-refractivity contribution in [3.63, 3.8) is 0 Å². The minimum atomic E-state index is -3.67. The zero-order valence-corrected chi connectivity index (χ0v) is 14.8. The first kappa shape index (κ1) is 19.9. The number of carbonyl (C=O) groups is 1. The van der Waals surface area contributed by atoms with Crippen molar-refractivity contribution in [1.82, 2.24) is 5.32 Å². The normalized spacial score (nSPS) is 16.2. The second-order valence-corrected chi connectivity index (χ2v) is 7.84. The number of rotatable bonds is 2. The molecule has 1 amide bonds. The van der Waals surface area contributed by atoms with Gasteiger partial charge in [0.15, 0.2) is 0 Å². The average Bonchev–Trinajstić information content (AvgIpc) is 2.57. The highest BCUT2D eigenvalue weighted by molar-refractivity contribution is 7.85. The Morgan fingerprint density at radius 2 is 1.92 bits per heavy atom. The molecule has 0 bridgehead atoms. The van der Waals surface area contributed by atoms with Crippen LogP contribution in [-0.2, 0) is 21.3 Å². The van der Waals surface area contributed by atoms with Crippen LogP contribution in [0.4, 0.5) is 0 Å². The lowest BCUT2D eigenvalue weighted by molar-refractivity contribution is -0.116. The number of hydrazone groups is 1. The molecular formula is C16H23N3O4S. The fourth-order valence-corrected chi connectivity index (χ4v) is 2.50. The second kappa shape index (κ2) is 8.07. The highest BCUT2D eigenvalue weighted by Crippen LogP contribution is 2.35. The van der Waals surface area contributed by atoms with Gasteiger partial charge >= 0.3 is 0 Å². The Bertz CT molecular complexity index is 744. The summed E-state index contributed by atoms with van der Waals surface area (Å²) in [6.45, 7) is 4.35. The maximum Gasteiger partial charge on any atom is 0.261 e. The van der Waals surface area contributed by atoms with E-state index in [2.05, 4.69) is 30.3 Å². The first-order valence-electron chi connectivity index (χ1n) is 7.25. The summed E-state index contributed by atoms with van der Waals surface area (Å²) in [6.07, 6.45) is 5.58. The van der Waals surface area contributed by atoms with E-state index in [1.807, 2.05) is 24.3 Å². The highest BCUT2D eigenvalue weighted by atomic mass is 32.2. The smallest absolute Gasteiger partial charge is 0.261 e. The maximum atomic E-state index is 12.1. The number of hydrogen-bond donors (Lipinski definition) is 3. The molecule has 132 valence electrons. The maximum absolute atomic E-state index is 12.1. The summed E-state index contributed by atoms with van der Waals surface area (Å²) in [6, 6.07) is 8.19. The van der Waals surface area contributed by atoms with Crippen molar-refractivity contribution in [2.24, 2.45) is 16.4 Å². The zero-order valence-electron chi connectivity index (χ0n) is 14.0. The average molecular weight is 353 g/mol. The van der Waals surface area contributed by atoms with E-state index in [9.17, 15) is 13.2 Å². The molecule has 0 unspecified atom stereocenters. The number of nitrogens with zero attached hydrogens (tertiary/aromatic N) is 1. The van der Waals surface area contributed by atoms with E-state index < -0.39 is 10.1 Å². The Hall–Kier alpha value is -2.19. The predicted molar refractivity (Wildman–Crippen MR) is 94.8 cm³/mol. The lowest BCUT2D eigenvalue weighted by Crippen LogP contribution is -2.26. The number of nitrogens with one attached hydrogen (secondary N) is 1. The predicted octanol–water partition coefficient (Wildman–Crippen LogP) is 1.56. The highest BCUT2D eigenvalue weighted by Gasteiger charge is 2.27. The summed E-state index contributed by atoms with van der Waals surface area (Å²) in [5.74, 6) is 4.86. The summed E-state index contributed by atoms with van der Waals surface area (Å²) in [5, 5.41) is 5.86. The van der Waals surface area contributed by atoms with Crippen molar-refractivity contribution in [3.05, 3.63) is 41.0 Å². The number of fused-ring (bicyclic) bond motifs is 1. The molecule has 0 saturated heterocycles. The molecule has 0 aromatic heterocycles. The SMILES string of the molecule is CC1(C)CC(C(=O)NC=NN)=Cc2ccccc2C1.CS(=O)(=O)O. The van der Waals surface area contributed by atoms with Crippen LogP contribution in [-0.4, -0.2) is 31.5 Å². The number of hydrogen-bond acceptors (Lipinski definition) is 5. The molecule has 0 aliphatic heterocycles. The van der Waals surface area contributed by atoms with Crippen LogP contribution in [0, 0.1) is 5.41 Å². The van der Waals surface area contributed by atoms with E-state index >= 15 is 0 Å². The molecule has 4 N–H and O–H groups in total. The Labute approximate surface area is 142 Å². The van der Waals surface area contributed by atoms with Gasteiger partial charge in [-0.3, -0.25) is 9.35 Å². The lowest BCUT2D eigenvalue weighted by atomic mass is 9.81. The number of nitrogens with two attached hydrogens (primary N) is 1. The first-order chi connectivity index (χ1) is 11.0. The third-order valence-corrected chi connectivity index (χ3v) is 3.28. The third kappa shape index (κ3) is 7.38. The van der Waals surface area contributed by atoms with E-state index in [1.165, 1.54) is 11.9 Å². The van der Waals surface area contributed by atoms with E-state index in [0.717, 1.165) is 24.0 Å². The van der Waals surface area contributed by atoms with Crippen molar-refractivity contribution in [3.8, 4) is 0 Å². The van der Waals surface area contributed by atoms with Gasteiger partial charge in [-0.25, -0.2) is 0 Å². The lowest BCUT2D eigenvalue weighted by Gasteiger charge is -2.23. The van der Waals surface area contributed by atoms with Crippen molar-refractivity contribution < 1.29 is 17.8 Å². The van der Waals surface area contributed by atoms with Gasteiger partial charge in [0.2, 0.25) is 0 Å². The molecule has 1 aromatic carbocycles. The van der Waals surface area contributed by atoms with Gasteiger partial charge in [-0.2, -0.15) is 13.5 Å². The molecule has 0 radical (unpaired) electrons. The van der Waals surface area contributed by atoms with E-state index in [0.29, 0.717) is 6.26 Å². The molecular weight excluding hydrogens is 330 g/mol. The van der Waals surface area contributed by atoms with Crippen LogP contribution in [0.5, 0.6) is 0 Å². The monoisotopic (exact) mass is 353 g/mol. The van der Waals surface area contributed by atoms with Crippen LogP contribution >= 0.6 is 0 Å². The fourth-order valence-electron chi connectivity index (χ4n) is 2.50. The molecule has 1 aliphatic rings. The molecule has 0 saturated carbocycles. The minimum absolute atomic E-state index is 0.0512. The van der Waals surface area contributed by atoms with Crippen LogP contribution in [0.2, 0.25) is 0 Å². The number of amides is 1. The zero-order chi connectivity index (χ0) is 18.4. The fraction of sp³-hybridized carbons (Fsp3) is 0.375. The molecule has 0 fully saturated rings. The number of carbonyl (C=O) groups excluding carboxylic acids is 1. The van der Waals surface area contributed by atoms with Crippen LogP contribution < -0.4 is 11.2 Å². The van der Waals surface area contributed by atoms with Crippen LogP contribution in [0.15, 0.2) is 34.9 Å². The quantitative estimate of drug-likeness (QED) is 0.245. The summed E-state index contributed by atoms with van der Waals surface area (Å²) in [5.41, 5.74) is 3.20. The van der Waals surface area contributed by atoms with Crippen LogP contribution in [0.1, 0.15) is 31.4 Å². The van der Waals surface area contributed by atoms with Crippen molar-refractivity contribution >= 4 is 28.4 Å². The Balaban J connectivity index is 0.000000505. The second-order valence-electron chi connectivity index (χ2n) is 6.37. The Kier molecular flexibility index (Phi) is 6.68. The molecule has 2 rings (SSSR count). The molecule has 7 nitrogen and oxygen atoms in total. The molecule has 0 atom stereocenters. The summed E-state index contributed by atoms with van der Waals surface area (Å²) in [4.78, 5) is 12.1. The summed E-state index contributed by atoms with van der Waals surface area (Å²) >= 11 is 0. The first-order valence-corrected chi connectivity index (χ1v) is 9.10. The van der Waals surface area contributed by atoms with Crippen LogP contribution in [0.3, 0.4) is 0 Å². The molecule has 1 aliphatic carbocycles. The van der Waals surface area contributed by atoms with E-state index in [1.54, 1.807) is 0 Å². The van der Waals surface area contributed by atoms with Gasteiger partial charge in [0.1, 0.15) is 6.34 Å². The standard InChI is InChI=1S/C15H19N3O.CH4O3S/c1-15(2)8-12-6-4-3-5-11(12)7-13(9-15)14(19)17-10-18-16;1-5(2,3)4/h3-7,10H,8-9,16H2,1-2H3,(H,17,18,19);1H3,(H,2,3,4). The molecule has 1 aromatic rings. The summed E-state index contributed by atoms with van der Waals surface area (Å²) < 4.78 is 25.9. The van der Waals surface area contributed by atoms with Crippen molar-refractivity contribution in [2.75, 3.05) is 6.26 Å². The van der Waals surface area contributed by atoms with Crippen molar-refractivity contribution in [2.45, 2.75) is 26.7 Å². The van der Waals surface area contributed by atoms with E-state index in [4.69, 9.17) is 10.4 Å². The van der Waals surface area contributed by atoms with Crippen LogP contribution in [0.25, 0.3) is 6.08 Å². The van der Waals surface area contributed by atoms with Gasteiger partial charge in [-0.05, 0) is 35.5 Å².